The molecule has 1 aliphatic rings. The fraction of sp³-hybridized carbons (Fsp3) is 0.909. The largest absolute Gasteiger partial charge is 0.385 e. The van der Waals surface area contributed by atoms with Crippen molar-refractivity contribution >= 4 is 29.1 Å². The van der Waals surface area contributed by atoms with Crippen molar-refractivity contribution in [1.29, 1.82) is 0 Å². The van der Waals surface area contributed by atoms with Crippen LogP contribution in [0.3, 0.4) is 0 Å². The average molecular weight is 262 g/mol. The lowest BCUT2D eigenvalue weighted by molar-refractivity contribution is 0.195. The van der Waals surface area contributed by atoms with E-state index in [4.69, 9.17) is 17.0 Å². The SMILES string of the molecule is COCCCNC(=S)N1CCSC(C)C1C. The van der Waals surface area contributed by atoms with Crippen LogP contribution in [0.5, 0.6) is 0 Å². The minimum absolute atomic E-state index is 0.529. The third kappa shape index (κ3) is 4.11. The van der Waals surface area contributed by atoms with E-state index >= 15 is 0 Å². The molecule has 0 spiro atoms. The number of hydrogen-bond acceptors (Lipinski definition) is 3. The molecule has 3 nitrogen and oxygen atoms in total. The third-order valence-electron chi connectivity index (χ3n) is 2.95. The molecule has 0 radical (unpaired) electrons. The Hall–Kier alpha value is 0. The van der Waals surface area contributed by atoms with Crippen LogP contribution in [0.15, 0.2) is 0 Å². The molecule has 0 bridgehead atoms. The smallest absolute Gasteiger partial charge is 0.169 e. The molecule has 0 amide bonds. The van der Waals surface area contributed by atoms with E-state index in [0.29, 0.717) is 11.3 Å². The maximum absolute atomic E-state index is 5.42. The maximum Gasteiger partial charge on any atom is 0.169 e. The number of thiocarbonyl (C=S) groups is 1. The minimum Gasteiger partial charge on any atom is -0.385 e. The number of rotatable bonds is 4. The Morgan fingerprint density at radius 2 is 2.31 bits per heavy atom. The molecule has 1 fully saturated rings. The first-order chi connectivity index (χ1) is 7.66. The summed E-state index contributed by atoms with van der Waals surface area (Å²) in [6, 6.07) is 0.529. The van der Waals surface area contributed by atoms with Crippen molar-refractivity contribution in [2.75, 3.05) is 32.6 Å². The molecule has 0 saturated carbocycles. The summed E-state index contributed by atoms with van der Waals surface area (Å²) in [5.41, 5.74) is 0. The molecule has 5 heteroatoms. The van der Waals surface area contributed by atoms with E-state index in [9.17, 15) is 0 Å². The first kappa shape index (κ1) is 14.1. The van der Waals surface area contributed by atoms with Crippen molar-refractivity contribution in [3.8, 4) is 0 Å². The van der Waals surface area contributed by atoms with Gasteiger partial charge in [-0.05, 0) is 25.6 Å². The lowest BCUT2D eigenvalue weighted by atomic mass is 10.2. The van der Waals surface area contributed by atoms with Crippen molar-refractivity contribution in [2.45, 2.75) is 31.6 Å². The molecular formula is C11H22N2OS2. The summed E-state index contributed by atoms with van der Waals surface area (Å²) in [6.45, 7) is 7.27. The molecule has 1 rings (SSSR count). The van der Waals surface area contributed by atoms with Gasteiger partial charge in [-0.3, -0.25) is 0 Å². The Kier molecular flexibility index (Phi) is 6.46. The number of thioether (sulfide) groups is 1. The van der Waals surface area contributed by atoms with Crippen molar-refractivity contribution < 1.29 is 4.74 Å². The van der Waals surface area contributed by atoms with Crippen LogP contribution in [0.25, 0.3) is 0 Å². The highest BCUT2D eigenvalue weighted by Gasteiger charge is 2.26. The van der Waals surface area contributed by atoms with Crippen LogP contribution in [0.4, 0.5) is 0 Å². The van der Waals surface area contributed by atoms with E-state index in [2.05, 4.69) is 24.1 Å². The van der Waals surface area contributed by atoms with Gasteiger partial charge < -0.3 is 15.0 Å². The quantitative estimate of drug-likeness (QED) is 0.614. The predicted molar refractivity (Wildman–Crippen MR) is 75.2 cm³/mol. The predicted octanol–water partition coefficient (Wildman–Crippen LogP) is 1.72. The van der Waals surface area contributed by atoms with Crippen LogP contribution in [0.1, 0.15) is 20.3 Å². The van der Waals surface area contributed by atoms with E-state index in [-0.39, 0.29) is 0 Å². The van der Waals surface area contributed by atoms with Gasteiger partial charge in [-0.2, -0.15) is 11.8 Å². The molecule has 1 saturated heterocycles. The van der Waals surface area contributed by atoms with E-state index in [1.807, 2.05) is 11.8 Å². The van der Waals surface area contributed by atoms with Crippen LogP contribution in [-0.2, 0) is 4.74 Å². The van der Waals surface area contributed by atoms with Crippen LogP contribution in [0.2, 0.25) is 0 Å². The van der Waals surface area contributed by atoms with Gasteiger partial charge in [0.05, 0.1) is 0 Å². The van der Waals surface area contributed by atoms with Gasteiger partial charge in [-0.25, -0.2) is 0 Å². The van der Waals surface area contributed by atoms with E-state index in [1.165, 1.54) is 5.75 Å². The number of nitrogens with one attached hydrogen (secondary N) is 1. The van der Waals surface area contributed by atoms with Gasteiger partial charge in [0.1, 0.15) is 0 Å². The molecule has 94 valence electrons. The zero-order valence-electron chi connectivity index (χ0n) is 10.4. The topological polar surface area (TPSA) is 24.5 Å². The summed E-state index contributed by atoms with van der Waals surface area (Å²) in [4.78, 5) is 2.31. The van der Waals surface area contributed by atoms with Gasteiger partial charge in [0.25, 0.3) is 0 Å². The highest BCUT2D eigenvalue weighted by Crippen LogP contribution is 2.24. The second-order valence-corrected chi connectivity index (χ2v) is 5.96. The minimum atomic E-state index is 0.529. The number of nitrogens with zero attached hydrogens (tertiary/aromatic N) is 1. The van der Waals surface area contributed by atoms with Gasteiger partial charge in [-0.1, -0.05) is 6.92 Å². The van der Waals surface area contributed by atoms with Gasteiger partial charge in [0.2, 0.25) is 0 Å². The number of hydrogen-bond donors (Lipinski definition) is 1. The van der Waals surface area contributed by atoms with E-state index < -0.39 is 0 Å². The Morgan fingerprint density at radius 1 is 1.56 bits per heavy atom. The molecule has 0 aromatic rings. The molecule has 2 unspecified atom stereocenters. The van der Waals surface area contributed by atoms with Crippen LogP contribution in [0, 0.1) is 0 Å². The van der Waals surface area contributed by atoms with Crippen molar-refractivity contribution in [2.24, 2.45) is 0 Å². The molecular weight excluding hydrogens is 240 g/mol. The highest BCUT2D eigenvalue weighted by atomic mass is 32.2. The van der Waals surface area contributed by atoms with Gasteiger partial charge in [-0.15, -0.1) is 0 Å². The fourth-order valence-electron chi connectivity index (χ4n) is 1.73. The molecule has 1 heterocycles. The van der Waals surface area contributed by atoms with Crippen LogP contribution in [-0.4, -0.2) is 53.9 Å². The zero-order valence-corrected chi connectivity index (χ0v) is 12.0. The normalized spacial score (nSPS) is 25.6. The molecule has 0 aromatic carbocycles. The molecule has 1 aliphatic heterocycles. The molecule has 0 aromatic heterocycles. The van der Waals surface area contributed by atoms with Gasteiger partial charge in [0, 0.05) is 43.9 Å². The first-order valence-electron chi connectivity index (χ1n) is 5.82. The standard InChI is InChI=1S/C11H22N2OS2/c1-9-10(2)16-8-6-13(9)11(15)12-5-4-7-14-3/h9-10H,4-8H2,1-3H3,(H,12,15). The summed E-state index contributed by atoms with van der Waals surface area (Å²) in [7, 11) is 1.73. The Bertz CT molecular complexity index is 226. The second kappa shape index (κ2) is 7.35. The molecule has 2 atom stereocenters. The lowest BCUT2D eigenvalue weighted by Crippen LogP contribution is -2.51. The van der Waals surface area contributed by atoms with Crippen molar-refractivity contribution in [1.82, 2.24) is 10.2 Å². The van der Waals surface area contributed by atoms with Crippen molar-refractivity contribution in [3.63, 3.8) is 0 Å². The van der Waals surface area contributed by atoms with E-state index in [1.54, 1.807) is 7.11 Å². The summed E-state index contributed by atoms with van der Waals surface area (Å²) in [6.07, 6.45) is 1.00. The first-order valence-corrected chi connectivity index (χ1v) is 7.27. The highest BCUT2D eigenvalue weighted by molar-refractivity contribution is 8.00. The number of methoxy groups -OCH3 is 1. The van der Waals surface area contributed by atoms with Crippen LogP contribution < -0.4 is 5.32 Å². The number of ether oxygens (including phenoxy) is 1. The Balaban J connectivity index is 2.29. The van der Waals surface area contributed by atoms with Gasteiger partial charge in [0.15, 0.2) is 5.11 Å². The van der Waals surface area contributed by atoms with Gasteiger partial charge >= 0.3 is 0 Å². The Labute approximate surface area is 108 Å². The third-order valence-corrected chi connectivity index (χ3v) is 4.66. The monoisotopic (exact) mass is 262 g/mol. The lowest BCUT2D eigenvalue weighted by Gasteiger charge is -2.39. The van der Waals surface area contributed by atoms with E-state index in [0.717, 1.165) is 31.2 Å². The van der Waals surface area contributed by atoms with Crippen molar-refractivity contribution in [3.05, 3.63) is 0 Å². The molecule has 1 N–H and O–H groups in total. The molecule has 0 aliphatic carbocycles. The zero-order chi connectivity index (χ0) is 12.0. The summed E-state index contributed by atoms with van der Waals surface area (Å²) in [5.74, 6) is 1.17. The van der Waals surface area contributed by atoms with Crippen LogP contribution >= 0.6 is 24.0 Å². The summed E-state index contributed by atoms with van der Waals surface area (Å²) >= 11 is 7.45. The second-order valence-electron chi connectivity index (χ2n) is 4.09. The Morgan fingerprint density at radius 3 is 3.00 bits per heavy atom. The average Bonchev–Trinajstić information content (AvgIpc) is 2.28. The maximum atomic E-state index is 5.42. The fourth-order valence-corrected chi connectivity index (χ4v) is 3.19. The molecule has 16 heavy (non-hydrogen) atoms. The summed E-state index contributed by atoms with van der Waals surface area (Å²) < 4.78 is 5.01. The summed E-state index contributed by atoms with van der Waals surface area (Å²) in [5, 5.41) is 4.86.